The lowest BCUT2D eigenvalue weighted by molar-refractivity contribution is -0.192. The summed E-state index contributed by atoms with van der Waals surface area (Å²) in [6.07, 6.45) is 0.701. The molecule has 172 valence electrons. The molecule has 12 heteroatoms. The number of halogens is 6. The van der Waals surface area contributed by atoms with Gasteiger partial charge in [0, 0.05) is 29.1 Å². The number of carboxylic acids is 1. The highest BCUT2D eigenvalue weighted by Crippen LogP contribution is 2.28. The van der Waals surface area contributed by atoms with Crippen LogP contribution in [0.2, 0.25) is 0 Å². The van der Waals surface area contributed by atoms with E-state index >= 15 is 0 Å². The van der Waals surface area contributed by atoms with Crippen LogP contribution in [0.4, 0.5) is 26.3 Å². The average Bonchev–Trinajstić information content (AvgIpc) is 3.14. The standard InChI is InChI=1S/C19H13F3N4.C2HF3O2/c1-11-16(21)3-2-15(19(11)22)13-5-18-17(24-7-13)9-25-26(18)10-12-4-14(20)8-23-6-12;3-2(4,5)1(6)7/h2-9H,10H2,1H3;(H,6,7). The van der Waals surface area contributed by atoms with Gasteiger partial charge in [-0.05, 0) is 36.8 Å². The third-order valence-electron chi connectivity index (χ3n) is 4.46. The Morgan fingerprint density at radius 3 is 2.39 bits per heavy atom. The van der Waals surface area contributed by atoms with Crippen LogP contribution in [0.15, 0.2) is 49.1 Å². The Hall–Kier alpha value is -3.96. The molecule has 0 bridgehead atoms. The Morgan fingerprint density at radius 1 is 1.06 bits per heavy atom. The molecule has 3 aromatic heterocycles. The summed E-state index contributed by atoms with van der Waals surface area (Å²) in [5.74, 6) is -4.40. The number of hydrogen-bond acceptors (Lipinski definition) is 4. The minimum Gasteiger partial charge on any atom is -0.475 e. The second-order valence-corrected chi connectivity index (χ2v) is 6.78. The molecule has 0 unspecified atom stereocenters. The number of pyridine rings is 2. The van der Waals surface area contributed by atoms with Crippen LogP contribution >= 0.6 is 0 Å². The van der Waals surface area contributed by atoms with Gasteiger partial charge in [0.2, 0.25) is 0 Å². The number of nitrogens with zero attached hydrogens (tertiary/aromatic N) is 4. The number of fused-ring (bicyclic) bond motifs is 1. The molecule has 0 spiro atoms. The van der Waals surface area contributed by atoms with Gasteiger partial charge >= 0.3 is 12.1 Å². The molecular formula is C21H14F6N4O2. The van der Waals surface area contributed by atoms with Crippen LogP contribution in [0.1, 0.15) is 11.1 Å². The van der Waals surface area contributed by atoms with E-state index in [-0.39, 0.29) is 11.1 Å². The summed E-state index contributed by atoms with van der Waals surface area (Å²) in [7, 11) is 0. The van der Waals surface area contributed by atoms with Crippen molar-refractivity contribution >= 4 is 17.0 Å². The van der Waals surface area contributed by atoms with Crippen LogP contribution in [0.5, 0.6) is 0 Å². The minimum absolute atomic E-state index is 0.0399. The monoisotopic (exact) mass is 468 g/mol. The van der Waals surface area contributed by atoms with Gasteiger partial charge in [-0.3, -0.25) is 14.6 Å². The Morgan fingerprint density at radius 2 is 1.76 bits per heavy atom. The summed E-state index contributed by atoms with van der Waals surface area (Å²) in [6, 6.07) is 5.73. The molecule has 33 heavy (non-hydrogen) atoms. The summed E-state index contributed by atoms with van der Waals surface area (Å²) < 4.78 is 74.6. The zero-order chi connectivity index (χ0) is 24.3. The van der Waals surface area contributed by atoms with Crippen molar-refractivity contribution in [3.8, 4) is 11.1 Å². The van der Waals surface area contributed by atoms with Crippen LogP contribution in [-0.4, -0.2) is 37.0 Å². The molecule has 1 aromatic carbocycles. The van der Waals surface area contributed by atoms with Crippen molar-refractivity contribution in [2.24, 2.45) is 0 Å². The predicted octanol–water partition coefficient (Wildman–Crippen LogP) is 4.90. The van der Waals surface area contributed by atoms with Gasteiger partial charge in [0.25, 0.3) is 0 Å². The lowest BCUT2D eigenvalue weighted by Gasteiger charge is -2.08. The quantitative estimate of drug-likeness (QED) is 0.433. The first-order chi connectivity index (χ1) is 15.5. The number of aliphatic carboxylic acids is 1. The average molecular weight is 468 g/mol. The second-order valence-electron chi connectivity index (χ2n) is 6.78. The highest BCUT2D eigenvalue weighted by molar-refractivity contribution is 5.80. The molecule has 4 rings (SSSR count). The number of aromatic nitrogens is 4. The van der Waals surface area contributed by atoms with E-state index in [0.29, 0.717) is 28.7 Å². The number of rotatable bonds is 3. The maximum Gasteiger partial charge on any atom is 0.490 e. The van der Waals surface area contributed by atoms with E-state index < -0.39 is 29.6 Å². The Kier molecular flexibility index (Phi) is 6.65. The van der Waals surface area contributed by atoms with Crippen molar-refractivity contribution in [2.45, 2.75) is 19.6 Å². The lowest BCUT2D eigenvalue weighted by Crippen LogP contribution is -2.21. The fourth-order valence-electron chi connectivity index (χ4n) is 2.83. The molecule has 6 nitrogen and oxygen atoms in total. The van der Waals surface area contributed by atoms with Gasteiger partial charge in [-0.2, -0.15) is 18.3 Å². The smallest absolute Gasteiger partial charge is 0.475 e. The van der Waals surface area contributed by atoms with Gasteiger partial charge in [0.05, 0.1) is 24.5 Å². The van der Waals surface area contributed by atoms with Crippen molar-refractivity contribution in [2.75, 3.05) is 0 Å². The number of carboxylic acid groups (broad SMARTS) is 1. The normalized spacial score (nSPS) is 11.2. The van der Waals surface area contributed by atoms with Gasteiger partial charge in [-0.15, -0.1) is 0 Å². The van der Waals surface area contributed by atoms with E-state index in [4.69, 9.17) is 9.90 Å². The molecule has 0 amide bonds. The van der Waals surface area contributed by atoms with E-state index in [2.05, 4.69) is 15.1 Å². The molecule has 0 aliphatic rings. The number of carbonyl (C=O) groups is 1. The second kappa shape index (κ2) is 9.27. The molecule has 4 aromatic rings. The van der Waals surface area contributed by atoms with Crippen molar-refractivity contribution in [3.63, 3.8) is 0 Å². The van der Waals surface area contributed by atoms with E-state index in [1.165, 1.54) is 31.3 Å². The summed E-state index contributed by atoms with van der Waals surface area (Å²) in [5, 5.41) is 11.4. The van der Waals surface area contributed by atoms with Gasteiger partial charge in [0.15, 0.2) is 0 Å². The molecule has 0 aliphatic carbocycles. The number of hydrogen-bond donors (Lipinski definition) is 1. The van der Waals surface area contributed by atoms with Crippen molar-refractivity contribution < 1.29 is 36.2 Å². The largest absolute Gasteiger partial charge is 0.490 e. The summed E-state index contributed by atoms with van der Waals surface area (Å²) >= 11 is 0. The first-order valence-electron chi connectivity index (χ1n) is 9.13. The van der Waals surface area contributed by atoms with Gasteiger partial charge in [0.1, 0.15) is 23.0 Å². The Balaban J connectivity index is 0.000000383. The van der Waals surface area contributed by atoms with Crippen LogP contribution < -0.4 is 0 Å². The third kappa shape index (κ3) is 5.45. The molecule has 0 saturated carbocycles. The molecule has 0 atom stereocenters. The Labute approximate surface area is 182 Å². The SMILES string of the molecule is Cc1c(F)ccc(-c2cnc3cnn(Cc4cncc(F)c4)c3c2)c1F.O=C(O)C(F)(F)F. The fourth-order valence-corrected chi connectivity index (χ4v) is 2.83. The number of alkyl halides is 3. The molecule has 0 saturated heterocycles. The van der Waals surface area contributed by atoms with E-state index in [1.807, 2.05) is 0 Å². The third-order valence-corrected chi connectivity index (χ3v) is 4.46. The van der Waals surface area contributed by atoms with E-state index in [9.17, 15) is 26.3 Å². The fraction of sp³-hybridized carbons (Fsp3) is 0.143. The molecule has 0 fully saturated rings. The molecular weight excluding hydrogens is 454 g/mol. The van der Waals surface area contributed by atoms with E-state index in [1.54, 1.807) is 23.1 Å². The van der Waals surface area contributed by atoms with Crippen molar-refractivity contribution in [1.29, 1.82) is 0 Å². The topological polar surface area (TPSA) is 80.9 Å². The zero-order valence-corrected chi connectivity index (χ0v) is 16.7. The van der Waals surface area contributed by atoms with Gasteiger partial charge in [-0.1, -0.05) is 0 Å². The van der Waals surface area contributed by atoms with Gasteiger partial charge in [-0.25, -0.2) is 18.0 Å². The zero-order valence-electron chi connectivity index (χ0n) is 16.7. The molecule has 0 aliphatic heterocycles. The predicted molar refractivity (Wildman–Crippen MR) is 105 cm³/mol. The van der Waals surface area contributed by atoms with Crippen LogP contribution in [0.3, 0.4) is 0 Å². The maximum atomic E-state index is 14.4. The summed E-state index contributed by atoms with van der Waals surface area (Å²) in [4.78, 5) is 17.0. The van der Waals surface area contributed by atoms with Crippen LogP contribution in [0.25, 0.3) is 22.2 Å². The highest BCUT2D eigenvalue weighted by Gasteiger charge is 2.38. The molecule has 3 heterocycles. The highest BCUT2D eigenvalue weighted by atomic mass is 19.4. The molecule has 1 N–H and O–H groups in total. The van der Waals surface area contributed by atoms with Crippen molar-refractivity contribution in [1.82, 2.24) is 19.7 Å². The van der Waals surface area contributed by atoms with Crippen molar-refractivity contribution in [3.05, 3.63) is 77.6 Å². The number of benzene rings is 1. The minimum atomic E-state index is -5.08. The van der Waals surface area contributed by atoms with Gasteiger partial charge < -0.3 is 5.11 Å². The van der Waals surface area contributed by atoms with Crippen LogP contribution in [0, 0.1) is 24.4 Å². The first kappa shape index (κ1) is 23.7. The van der Waals surface area contributed by atoms with Crippen LogP contribution in [-0.2, 0) is 11.3 Å². The first-order valence-corrected chi connectivity index (χ1v) is 9.13. The summed E-state index contributed by atoms with van der Waals surface area (Å²) in [6.45, 7) is 1.69. The Bertz CT molecular complexity index is 1320. The lowest BCUT2D eigenvalue weighted by atomic mass is 10.0. The summed E-state index contributed by atoms with van der Waals surface area (Å²) in [5.41, 5.74) is 2.66. The van der Waals surface area contributed by atoms with E-state index in [0.717, 1.165) is 6.20 Å². The molecule has 0 radical (unpaired) electrons. The maximum absolute atomic E-state index is 14.4.